The number of likely N-dealkylation sites (tertiary alicyclic amines) is 1. The maximum absolute atomic E-state index is 3.68. The van der Waals surface area contributed by atoms with Crippen LogP contribution in [0.3, 0.4) is 0 Å². The van der Waals surface area contributed by atoms with E-state index in [9.17, 15) is 0 Å². The van der Waals surface area contributed by atoms with Gasteiger partial charge in [-0.1, -0.05) is 13.3 Å². The zero-order valence-electron chi connectivity index (χ0n) is 13.0. The molecule has 1 atom stereocenters. The van der Waals surface area contributed by atoms with Crippen LogP contribution < -0.4 is 5.32 Å². The lowest BCUT2D eigenvalue weighted by Gasteiger charge is -2.38. The van der Waals surface area contributed by atoms with Crippen LogP contribution in [0.1, 0.15) is 53.4 Å². The Morgan fingerprint density at radius 2 is 1.89 bits per heavy atom. The SMILES string of the molecule is CCCC(CNC(C)(C)C)N1CCC(SC)CC1. The van der Waals surface area contributed by atoms with E-state index in [0.29, 0.717) is 0 Å². The van der Waals surface area contributed by atoms with Crippen LogP contribution in [0.15, 0.2) is 0 Å². The first-order chi connectivity index (χ1) is 8.46. The third kappa shape index (κ3) is 5.94. The summed E-state index contributed by atoms with van der Waals surface area (Å²) >= 11 is 2.05. The topological polar surface area (TPSA) is 15.3 Å². The second kappa shape index (κ2) is 7.76. The third-order valence-electron chi connectivity index (χ3n) is 3.82. The van der Waals surface area contributed by atoms with E-state index >= 15 is 0 Å². The van der Waals surface area contributed by atoms with E-state index < -0.39 is 0 Å². The highest BCUT2D eigenvalue weighted by atomic mass is 32.2. The van der Waals surface area contributed by atoms with E-state index in [0.717, 1.165) is 17.8 Å². The molecule has 0 aromatic rings. The van der Waals surface area contributed by atoms with Crippen LogP contribution in [0, 0.1) is 0 Å². The van der Waals surface area contributed by atoms with Gasteiger partial charge in [0.25, 0.3) is 0 Å². The fourth-order valence-corrected chi connectivity index (χ4v) is 3.33. The summed E-state index contributed by atoms with van der Waals surface area (Å²) in [4.78, 5) is 2.72. The standard InChI is InChI=1S/C15H32N2S/c1-6-7-13(12-16-15(2,3)4)17-10-8-14(18-5)9-11-17/h13-14,16H,6-12H2,1-5H3. The molecule has 1 aliphatic heterocycles. The van der Waals surface area contributed by atoms with E-state index in [1.165, 1.54) is 38.8 Å². The zero-order valence-corrected chi connectivity index (χ0v) is 13.8. The van der Waals surface area contributed by atoms with Crippen LogP contribution in [-0.2, 0) is 0 Å². The Hall–Kier alpha value is 0.270. The first kappa shape index (κ1) is 16.3. The molecule has 0 amide bonds. The van der Waals surface area contributed by atoms with Gasteiger partial charge in [0.05, 0.1) is 0 Å². The van der Waals surface area contributed by atoms with Crippen molar-refractivity contribution in [2.75, 3.05) is 25.9 Å². The van der Waals surface area contributed by atoms with Crippen LogP contribution in [-0.4, -0.2) is 47.6 Å². The lowest BCUT2D eigenvalue weighted by molar-refractivity contribution is 0.147. The summed E-state index contributed by atoms with van der Waals surface area (Å²) in [7, 11) is 0. The molecule has 1 N–H and O–H groups in total. The number of nitrogens with one attached hydrogen (secondary N) is 1. The fourth-order valence-electron chi connectivity index (χ4n) is 2.65. The largest absolute Gasteiger partial charge is 0.311 e. The van der Waals surface area contributed by atoms with Crippen molar-refractivity contribution in [3.05, 3.63) is 0 Å². The van der Waals surface area contributed by atoms with Crippen molar-refractivity contribution in [2.24, 2.45) is 0 Å². The summed E-state index contributed by atoms with van der Waals surface area (Å²) in [5.74, 6) is 0. The average Bonchev–Trinajstić information content (AvgIpc) is 2.33. The van der Waals surface area contributed by atoms with Crippen LogP contribution in [0.5, 0.6) is 0 Å². The molecule has 1 rings (SSSR count). The molecule has 0 spiro atoms. The summed E-state index contributed by atoms with van der Waals surface area (Å²) in [5, 5.41) is 4.58. The minimum atomic E-state index is 0.240. The maximum atomic E-state index is 3.68. The van der Waals surface area contributed by atoms with Crippen molar-refractivity contribution < 1.29 is 0 Å². The Kier molecular flexibility index (Phi) is 7.04. The Bertz CT molecular complexity index is 217. The summed E-state index contributed by atoms with van der Waals surface area (Å²) in [6, 6.07) is 0.733. The monoisotopic (exact) mass is 272 g/mol. The second-order valence-electron chi connectivity index (χ2n) is 6.54. The normalized spacial score (nSPS) is 21.2. The van der Waals surface area contributed by atoms with Gasteiger partial charge in [-0.3, -0.25) is 4.90 Å². The van der Waals surface area contributed by atoms with Crippen LogP contribution in [0.2, 0.25) is 0 Å². The van der Waals surface area contributed by atoms with Gasteiger partial charge in [0.15, 0.2) is 0 Å². The number of thioether (sulfide) groups is 1. The zero-order chi connectivity index (χ0) is 13.6. The predicted molar refractivity (Wildman–Crippen MR) is 84.6 cm³/mol. The summed E-state index contributed by atoms with van der Waals surface area (Å²) < 4.78 is 0. The van der Waals surface area contributed by atoms with Crippen LogP contribution in [0.4, 0.5) is 0 Å². The molecule has 0 aromatic carbocycles. The molecule has 3 heteroatoms. The quantitative estimate of drug-likeness (QED) is 0.798. The molecule has 1 fully saturated rings. The molecular formula is C15H32N2S. The van der Waals surface area contributed by atoms with E-state index in [1.54, 1.807) is 0 Å². The molecular weight excluding hydrogens is 240 g/mol. The van der Waals surface area contributed by atoms with Gasteiger partial charge < -0.3 is 5.32 Å². The van der Waals surface area contributed by atoms with Gasteiger partial charge in [0.2, 0.25) is 0 Å². The molecule has 1 saturated heterocycles. The first-order valence-corrected chi connectivity index (χ1v) is 8.77. The average molecular weight is 273 g/mol. The molecule has 1 unspecified atom stereocenters. The van der Waals surface area contributed by atoms with Crippen LogP contribution in [0.25, 0.3) is 0 Å². The summed E-state index contributed by atoms with van der Waals surface area (Å²) in [6.45, 7) is 12.8. The number of hydrogen-bond acceptors (Lipinski definition) is 3. The van der Waals surface area contributed by atoms with Gasteiger partial charge in [-0.2, -0.15) is 11.8 Å². The van der Waals surface area contributed by atoms with Crippen molar-refractivity contribution in [1.82, 2.24) is 10.2 Å². The van der Waals surface area contributed by atoms with Gasteiger partial charge in [-0.15, -0.1) is 0 Å². The molecule has 0 radical (unpaired) electrons. The molecule has 0 aliphatic carbocycles. The number of nitrogens with zero attached hydrogens (tertiary/aromatic N) is 1. The Balaban J connectivity index is 2.41. The summed E-state index contributed by atoms with van der Waals surface area (Å²) in [6.07, 6.45) is 7.62. The molecule has 2 nitrogen and oxygen atoms in total. The van der Waals surface area contributed by atoms with Crippen molar-refractivity contribution in [2.45, 2.75) is 70.2 Å². The fraction of sp³-hybridized carbons (Fsp3) is 1.00. The van der Waals surface area contributed by atoms with Crippen molar-refractivity contribution in [1.29, 1.82) is 0 Å². The molecule has 0 aromatic heterocycles. The van der Waals surface area contributed by atoms with Gasteiger partial charge >= 0.3 is 0 Å². The Morgan fingerprint density at radius 3 is 2.33 bits per heavy atom. The number of rotatable bonds is 6. The molecule has 0 bridgehead atoms. The molecule has 1 heterocycles. The third-order valence-corrected chi connectivity index (χ3v) is 4.95. The highest BCUT2D eigenvalue weighted by Crippen LogP contribution is 2.23. The number of hydrogen-bond donors (Lipinski definition) is 1. The highest BCUT2D eigenvalue weighted by molar-refractivity contribution is 7.99. The van der Waals surface area contributed by atoms with Crippen LogP contribution >= 0.6 is 11.8 Å². The van der Waals surface area contributed by atoms with Gasteiger partial charge in [-0.05, 0) is 59.4 Å². The first-order valence-electron chi connectivity index (χ1n) is 7.48. The van der Waals surface area contributed by atoms with Gasteiger partial charge in [0.1, 0.15) is 0 Å². The van der Waals surface area contributed by atoms with E-state index in [4.69, 9.17) is 0 Å². The molecule has 1 aliphatic rings. The molecule has 0 saturated carbocycles. The second-order valence-corrected chi connectivity index (χ2v) is 7.68. The highest BCUT2D eigenvalue weighted by Gasteiger charge is 2.24. The van der Waals surface area contributed by atoms with Crippen molar-refractivity contribution >= 4 is 11.8 Å². The Morgan fingerprint density at radius 1 is 1.28 bits per heavy atom. The van der Waals surface area contributed by atoms with E-state index in [-0.39, 0.29) is 5.54 Å². The Labute approximate surface area is 118 Å². The van der Waals surface area contributed by atoms with E-state index in [2.05, 4.69) is 44.2 Å². The van der Waals surface area contributed by atoms with Gasteiger partial charge in [-0.25, -0.2) is 0 Å². The molecule has 108 valence electrons. The summed E-state index contributed by atoms with van der Waals surface area (Å²) in [5.41, 5.74) is 0.240. The lowest BCUT2D eigenvalue weighted by atomic mass is 10.0. The predicted octanol–water partition coefficient (Wildman–Crippen LogP) is 3.37. The molecule has 18 heavy (non-hydrogen) atoms. The minimum Gasteiger partial charge on any atom is -0.311 e. The van der Waals surface area contributed by atoms with Crippen molar-refractivity contribution in [3.8, 4) is 0 Å². The number of piperidine rings is 1. The lowest BCUT2D eigenvalue weighted by Crippen LogP contribution is -2.50. The maximum Gasteiger partial charge on any atom is 0.0220 e. The van der Waals surface area contributed by atoms with E-state index in [1.807, 2.05) is 11.8 Å². The van der Waals surface area contributed by atoms with Crippen molar-refractivity contribution in [3.63, 3.8) is 0 Å². The smallest absolute Gasteiger partial charge is 0.0220 e. The van der Waals surface area contributed by atoms with Gasteiger partial charge in [0, 0.05) is 23.4 Å². The minimum absolute atomic E-state index is 0.240.